The molecule has 0 unspecified atom stereocenters. The van der Waals surface area contributed by atoms with Crippen molar-refractivity contribution < 1.29 is 4.79 Å². The number of fused-ring (bicyclic) bond motifs is 1. The van der Waals surface area contributed by atoms with Gasteiger partial charge in [0.25, 0.3) is 5.91 Å². The zero-order valence-electron chi connectivity index (χ0n) is 14.6. The van der Waals surface area contributed by atoms with Crippen LogP contribution in [0.4, 0.5) is 0 Å². The molecule has 2 aromatic rings. The monoisotopic (exact) mass is 390 g/mol. The Kier molecular flexibility index (Phi) is 6.31. The summed E-state index contributed by atoms with van der Waals surface area (Å²) in [7, 11) is 0. The van der Waals surface area contributed by atoms with Crippen molar-refractivity contribution in [1.29, 1.82) is 0 Å². The van der Waals surface area contributed by atoms with Crippen molar-refractivity contribution in [3.05, 3.63) is 51.3 Å². The lowest BCUT2D eigenvalue weighted by atomic mass is 10.1. The van der Waals surface area contributed by atoms with Crippen LogP contribution in [0, 0.1) is 6.92 Å². The van der Waals surface area contributed by atoms with Crippen molar-refractivity contribution in [3.8, 4) is 0 Å². The van der Waals surface area contributed by atoms with Crippen molar-refractivity contribution in [3.63, 3.8) is 0 Å². The Morgan fingerprint density at radius 1 is 1.29 bits per heavy atom. The number of imidazole rings is 1. The second-order valence-corrected chi connectivity index (χ2v) is 6.36. The second kappa shape index (κ2) is 8.24. The molecule has 3 rings (SSSR count). The Labute approximate surface area is 151 Å². The summed E-state index contributed by atoms with van der Waals surface area (Å²) < 4.78 is 2.88. The van der Waals surface area contributed by atoms with E-state index >= 15 is 0 Å². The summed E-state index contributed by atoms with van der Waals surface area (Å²) in [5.41, 5.74) is 3.68. The van der Waals surface area contributed by atoms with E-state index in [0.29, 0.717) is 12.1 Å². The molecule has 24 heavy (non-hydrogen) atoms. The van der Waals surface area contributed by atoms with Gasteiger partial charge in [0.2, 0.25) is 0 Å². The molecule has 1 amide bonds. The summed E-state index contributed by atoms with van der Waals surface area (Å²) in [5.74, 6) is 0.916. The molecule has 0 saturated carbocycles. The van der Waals surface area contributed by atoms with Gasteiger partial charge in [0.15, 0.2) is 0 Å². The maximum absolute atomic E-state index is 12.3. The Bertz CT molecular complexity index is 764. The van der Waals surface area contributed by atoms with Gasteiger partial charge in [0, 0.05) is 35.7 Å². The number of hydrogen-bond acceptors (Lipinski definition) is 3. The SMILES string of the molecule is CC.CC1=Cn2cc(CNC(=O)c3cncc(Br)c3C)nc2CC1. The van der Waals surface area contributed by atoms with E-state index in [1.54, 1.807) is 12.4 Å². The molecule has 0 atom stereocenters. The smallest absolute Gasteiger partial charge is 0.253 e. The van der Waals surface area contributed by atoms with Crippen LogP contribution in [-0.4, -0.2) is 20.4 Å². The number of carbonyl (C=O) groups excluding carboxylic acids is 1. The largest absolute Gasteiger partial charge is 0.346 e. The van der Waals surface area contributed by atoms with E-state index in [-0.39, 0.29) is 5.91 Å². The van der Waals surface area contributed by atoms with Crippen LogP contribution in [0.15, 0.2) is 28.6 Å². The number of aryl methyl sites for hydroxylation is 1. The van der Waals surface area contributed by atoms with Gasteiger partial charge in [-0.3, -0.25) is 9.78 Å². The van der Waals surface area contributed by atoms with Crippen LogP contribution in [0.3, 0.4) is 0 Å². The minimum atomic E-state index is -0.135. The van der Waals surface area contributed by atoms with Gasteiger partial charge in [-0.25, -0.2) is 4.98 Å². The van der Waals surface area contributed by atoms with Crippen LogP contribution in [0.2, 0.25) is 0 Å². The number of halogens is 1. The summed E-state index contributed by atoms with van der Waals surface area (Å²) in [4.78, 5) is 20.9. The molecule has 5 nitrogen and oxygen atoms in total. The van der Waals surface area contributed by atoms with E-state index in [0.717, 1.165) is 34.4 Å². The molecular weight excluding hydrogens is 368 g/mol. The van der Waals surface area contributed by atoms with Gasteiger partial charge >= 0.3 is 0 Å². The third-order valence-electron chi connectivity index (χ3n) is 3.79. The van der Waals surface area contributed by atoms with E-state index < -0.39 is 0 Å². The van der Waals surface area contributed by atoms with Crippen LogP contribution < -0.4 is 5.32 Å². The molecule has 0 aliphatic carbocycles. The van der Waals surface area contributed by atoms with Crippen LogP contribution in [-0.2, 0) is 13.0 Å². The zero-order chi connectivity index (χ0) is 17.7. The highest BCUT2D eigenvalue weighted by Crippen LogP contribution is 2.19. The Morgan fingerprint density at radius 2 is 2.04 bits per heavy atom. The van der Waals surface area contributed by atoms with Crippen LogP contribution in [0.25, 0.3) is 6.20 Å². The highest BCUT2D eigenvalue weighted by molar-refractivity contribution is 9.10. The fourth-order valence-corrected chi connectivity index (χ4v) is 2.81. The summed E-state index contributed by atoms with van der Waals surface area (Å²) in [6.07, 6.45) is 9.34. The number of carbonyl (C=O) groups is 1. The second-order valence-electron chi connectivity index (χ2n) is 5.51. The van der Waals surface area contributed by atoms with Gasteiger partial charge in [-0.15, -0.1) is 0 Å². The van der Waals surface area contributed by atoms with Crippen LogP contribution in [0.5, 0.6) is 0 Å². The molecule has 0 bridgehead atoms. The minimum absolute atomic E-state index is 0.135. The van der Waals surface area contributed by atoms with E-state index in [1.165, 1.54) is 5.57 Å². The Hall–Kier alpha value is -1.95. The average molecular weight is 391 g/mol. The van der Waals surface area contributed by atoms with Gasteiger partial charge in [-0.2, -0.15) is 0 Å². The third kappa shape index (κ3) is 4.12. The van der Waals surface area contributed by atoms with Crippen LogP contribution >= 0.6 is 15.9 Å². The summed E-state index contributed by atoms with van der Waals surface area (Å²) in [5, 5.41) is 2.91. The molecule has 2 aromatic heterocycles. The minimum Gasteiger partial charge on any atom is -0.346 e. The number of nitrogens with one attached hydrogen (secondary N) is 1. The Balaban J connectivity index is 0.00000100. The first-order valence-electron chi connectivity index (χ1n) is 8.17. The molecule has 128 valence electrons. The third-order valence-corrected chi connectivity index (χ3v) is 4.59. The molecule has 3 heterocycles. The lowest BCUT2D eigenvalue weighted by molar-refractivity contribution is 0.0949. The quantitative estimate of drug-likeness (QED) is 0.857. The lowest BCUT2D eigenvalue weighted by Crippen LogP contribution is -2.24. The highest BCUT2D eigenvalue weighted by Gasteiger charge is 2.14. The predicted octanol–water partition coefficient (Wildman–Crippen LogP) is 4.11. The van der Waals surface area contributed by atoms with Gasteiger partial charge in [-0.1, -0.05) is 19.4 Å². The molecule has 1 aliphatic heterocycles. The lowest BCUT2D eigenvalue weighted by Gasteiger charge is -2.10. The van der Waals surface area contributed by atoms with E-state index in [2.05, 4.69) is 44.3 Å². The van der Waals surface area contributed by atoms with E-state index in [4.69, 9.17) is 0 Å². The van der Waals surface area contributed by atoms with Crippen molar-refractivity contribution in [2.75, 3.05) is 0 Å². The molecule has 0 saturated heterocycles. The van der Waals surface area contributed by atoms with Crippen molar-refractivity contribution in [1.82, 2.24) is 19.9 Å². The van der Waals surface area contributed by atoms with Gasteiger partial charge in [0.1, 0.15) is 5.82 Å². The average Bonchev–Trinajstić information content (AvgIpc) is 2.99. The van der Waals surface area contributed by atoms with Crippen molar-refractivity contribution in [2.45, 2.75) is 47.1 Å². The van der Waals surface area contributed by atoms with E-state index in [9.17, 15) is 4.79 Å². The number of amides is 1. The predicted molar refractivity (Wildman–Crippen MR) is 99.7 cm³/mol. The molecule has 0 fully saturated rings. The fraction of sp³-hybridized carbons (Fsp3) is 0.389. The molecule has 0 radical (unpaired) electrons. The number of aromatic nitrogens is 3. The molecule has 1 aliphatic rings. The normalized spacial score (nSPS) is 12.6. The summed E-state index contributed by atoms with van der Waals surface area (Å²) in [6, 6.07) is 0. The van der Waals surface area contributed by atoms with Gasteiger partial charge in [0.05, 0.1) is 17.8 Å². The van der Waals surface area contributed by atoms with Crippen molar-refractivity contribution >= 4 is 28.0 Å². The topological polar surface area (TPSA) is 59.8 Å². The fourth-order valence-electron chi connectivity index (χ4n) is 2.47. The highest BCUT2D eigenvalue weighted by atomic mass is 79.9. The summed E-state index contributed by atoms with van der Waals surface area (Å²) in [6.45, 7) is 8.43. The number of rotatable bonds is 3. The van der Waals surface area contributed by atoms with Gasteiger partial charge in [-0.05, 0) is 41.8 Å². The first-order chi connectivity index (χ1) is 11.5. The molecule has 1 N–H and O–H groups in total. The number of allylic oxidation sites excluding steroid dienone is 1. The number of nitrogens with zero attached hydrogens (tertiary/aromatic N) is 3. The van der Waals surface area contributed by atoms with E-state index in [1.807, 2.05) is 31.5 Å². The molecule has 0 spiro atoms. The molecule has 6 heteroatoms. The number of hydrogen-bond donors (Lipinski definition) is 1. The maximum Gasteiger partial charge on any atom is 0.253 e. The number of pyridine rings is 1. The first-order valence-corrected chi connectivity index (χ1v) is 8.96. The van der Waals surface area contributed by atoms with Crippen LogP contribution in [0.1, 0.15) is 54.6 Å². The Morgan fingerprint density at radius 3 is 2.79 bits per heavy atom. The van der Waals surface area contributed by atoms with Gasteiger partial charge < -0.3 is 9.88 Å². The standard InChI is InChI=1S/C16H17BrN4O.C2H6/c1-10-3-4-15-20-12(9-21(15)8-10)5-19-16(22)13-6-18-7-14(17)11(13)2;1-2/h6-9H,3-5H2,1-2H3,(H,19,22);1-2H3. The first kappa shape index (κ1) is 18.4. The molecule has 0 aromatic carbocycles. The molecular formula is C18H23BrN4O. The maximum atomic E-state index is 12.3. The summed E-state index contributed by atoms with van der Waals surface area (Å²) >= 11 is 3.39. The van der Waals surface area contributed by atoms with Crippen molar-refractivity contribution in [2.24, 2.45) is 0 Å². The zero-order valence-corrected chi connectivity index (χ0v) is 16.1.